The van der Waals surface area contributed by atoms with E-state index < -0.39 is 15.6 Å². The monoisotopic (exact) mass is 480 g/mol. The lowest BCUT2D eigenvalue weighted by Gasteiger charge is -2.42. The Morgan fingerprint density at radius 1 is 1.19 bits per heavy atom. The third-order valence-electron chi connectivity index (χ3n) is 6.08. The van der Waals surface area contributed by atoms with Crippen LogP contribution in [0.4, 0.5) is 5.69 Å². The normalized spacial score (nSPS) is 23.0. The van der Waals surface area contributed by atoms with Gasteiger partial charge in [0, 0.05) is 31.9 Å². The molecule has 0 aliphatic carbocycles. The maximum absolute atomic E-state index is 13.1. The number of nitrogens with zero attached hydrogens (tertiary/aromatic N) is 2. The first-order chi connectivity index (χ1) is 15.2. The number of thiophene rings is 1. The van der Waals surface area contributed by atoms with Crippen molar-refractivity contribution in [3.05, 3.63) is 47.3 Å². The number of ether oxygens (including phenoxy) is 2. The predicted octanol–water partition coefficient (Wildman–Crippen LogP) is 3.05. The molecule has 1 aromatic carbocycles. The van der Waals surface area contributed by atoms with Crippen molar-refractivity contribution < 1.29 is 23.0 Å². The van der Waals surface area contributed by atoms with Crippen LogP contribution in [0.1, 0.15) is 32.3 Å². The van der Waals surface area contributed by atoms with Gasteiger partial charge in [-0.25, -0.2) is 8.42 Å². The highest BCUT2D eigenvalue weighted by Gasteiger charge is 2.35. The number of anilines is 1. The van der Waals surface area contributed by atoms with Crippen LogP contribution in [0, 0.1) is 0 Å². The maximum Gasteiger partial charge on any atom is 0.252 e. The first kappa shape index (κ1) is 23.7. The summed E-state index contributed by atoms with van der Waals surface area (Å²) in [5.41, 5.74) is 0.929. The molecule has 2 aromatic rings. The van der Waals surface area contributed by atoms with Gasteiger partial charge >= 0.3 is 0 Å². The number of hydrogen-bond donors (Lipinski definition) is 1. The lowest BCUT2D eigenvalue weighted by Crippen LogP contribution is -2.56. The molecular formula is C23H32N2O5S2. The molecule has 32 heavy (non-hydrogen) atoms. The lowest BCUT2D eigenvalue weighted by molar-refractivity contribution is 0.00985. The molecule has 3 heterocycles. The molecule has 1 N–H and O–H groups in total. The fourth-order valence-electron chi connectivity index (χ4n) is 4.24. The van der Waals surface area contributed by atoms with Crippen molar-refractivity contribution in [1.29, 1.82) is 0 Å². The Hall–Kier alpha value is -1.49. The Kier molecular flexibility index (Phi) is 7.24. The number of hydrogen-bond acceptors (Lipinski definition) is 7. The Bertz CT molecular complexity index is 965. The molecule has 2 aliphatic heterocycles. The number of benzene rings is 1. The van der Waals surface area contributed by atoms with E-state index in [2.05, 4.69) is 4.90 Å². The van der Waals surface area contributed by atoms with Crippen LogP contribution < -0.4 is 4.90 Å². The summed E-state index contributed by atoms with van der Waals surface area (Å²) in [5.74, 6) is 0. The van der Waals surface area contributed by atoms with Gasteiger partial charge in [0.15, 0.2) is 0 Å². The molecule has 0 spiro atoms. The molecule has 9 heteroatoms. The van der Waals surface area contributed by atoms with Gasteiger partial charge in [0.25, 0.3) is 10.0 Å². The Labute approximate surface area is 194 Å². The third kappa shape index (κ3) is 5.35. The molecular weight excluding hydrogens is 448 g/mol. The lowest BCUT2D eigenvalue weighted by atomic mass is 9.98. The number of sulfonamides is 1. The summed E-state index contributed by atoms with van der Waals surface area (Å²) >= 11 is 1.25. The number of piperazine rings is 1. The van der Waals surface area contributed by atoms with E-state index in [9.17, 15) is 13.5 Å². The minimum atomic E-state index is -3.51. The summed E-state index contributed by atoms with van der Waals surface area (Å²) < 4.78 is 39.8. The zero-order valence-corrected chi connectivity index (χ0v) is 20.3. The topological polar surface area (TPSA) is 79.3 Å². The van der Waals surface area contributed by atoms with Crippen molar-refractivity contribution in [2.24, 2.45) is 0 Å². The number of aliphatic hydroxyl groups is 1. The smallest absolute Gasteiger partial charge is 0.252 e. The molecule has 2 atom stereocenters. The van der Waals surface area contributed by atoms with E-state index in [0.29, 0.717) is 37.1 Å². The van der Waals surface area contributed by atoms with Gasteiger partial charge in [0.05, 0.1) is 31.0 Å². The number of rotatable bonds is 8. The molecule has 2 aliphatic rings. The molecule has 2 fully saturated rings. The van der Waals surface area contributed by atoms with E-state index in [-0.39, 0.29) is 12.1 Å². The fraction of sp³-hybridized carbons (Fsp3) is 0.565. The van der Waals surface area contributed by atoms with Crippen molar-refractivity contribution in [3.8, 4) is 0 Å². The van der Waals surface area contributed by atoms with Crippen molar-refractivity contribution in [2.75, 3.05) is 44.4 Å². The average Bonchev–Trinajstić information content (AvgIpc) is 3.48. The van der Waals surface area contributed by atoms with Gasteiger partial charge in [-0.05, 0) is 55.8 Å². The van der Waals surface area contributed by atoms with Crippen LogP contribution in [-0.2, 0) is 25.1 Å². The zero-order chi connectivity index (χ0) is 22.8. The van der Waals surface area contributed by atoms with Crippen LogP contribution in [-0.4, -0.2) is 69.4 Å². The van der Waals surface area contributed by atoms with Gasteiger partial charge in [-0.15, -0.1) is 11.3 Å². The van der Waals surface area contributed by atoms with Gasteiger partial charge in [0.2, 0.25) is 0 Å². The van der Waals surface area contributed by atoms with Gasteiger partial charge in [-0.2, -0.15) is 4.31 Å². The van der Waals surface area contributed by atoms with Crippen LogP contribution in [0.2, 0.25) is 0 Å². The van der Waals surface area contributed by atoms with Crippen LogP contribution >= 0.6 is 11.3 Å². The molecule has 2 saturated heterocycles. The van der Waals surface area contributed by atoms with Crippen LogP contribution in [0.25, 0.3) is 0 Å². The fourth-order valence-corrected chi connectivity index (χ4v) is 6.85. The van der Waals surface area contributed by atoms with Crippen LogP contribution in [0.15, 0.2) is 46.0 Å². The first-order valence-electron chi connectivity index (χ1n) is 11.1. The predicted molar refractivity (Wildman–Crippen MR) is 126 cm³/mol. The Balaban J connectivity index is 1.50. The van der Waals surface area contributed by atoms with Crippen LogP contribution in [0.5, 0.6) is 0 Å². The second-order valence-corrected chi connectivity index (χ2v) is 12.0. The first-order valence-corrected chi connectivity index (χ1v) is 13.4. The van der Waals surface area contributed by atoms with Gasteiger partial charge in [-0.3, -0.25) is 0 Å². The standard InChI is InChI=1S/C23H32N2O5S2/c1-23(2,26)18-7-9-19(10-8-18)25-12-11-24(32(27,28)22-6-4-14-31-22)15-20(25)16-29-17-21-5-3-13-30-21/h4,6-10,14,20-21,26H,3,5,11-13,15-17H2,1-2H3/t20-,21+/m1/s1. The Morgan fingerprint density at radius 3 is 2.59 bits per heavy atom. The molecule has 0 unspecified atom stereocenters. The van der Waals surface area contributed by atoms with E-state index in [1.54, 1.807) is 35.7 Å². The summed E-state index contributed by atoms with van der Waals surface area (Å²) in [6.45, 7) is 6.60. The molecule has 1 aromatic heterocycles. The highest BCUT2D eigenvalue weighted by Crippen LogP contribution is 2.29. The van der Waals surface area contributed by atoms with E-state index in [4.69, 9.17) is 9.47 Å². The van der Waals surface area contributed by atoms with Gasteiger partial charge < -0.3 is 19.5 Å². The molecule has 0 amide bonds. The minimum Gasteiger partial charge on any atom is -0.386 e. The van der Waals surface area contributed by atoms with E-state index in [0.717, 1.165) is 30.7 Å². The quantitative estimate of drug-likeness (QED) is 0.626. The van der Waals surface area contributed by atoms with Crippen molar-refractivity contribution >= 4 is 27.0 Å². The summed E-state index contributed by atoms with van der Waals surface area (Å²) in [6, 6.07) is 11.1. The van der Waals surface area contributed by atoms with Gasteiger partial charge in [-0.1, -0.05) is 18.2 Å². The molecule has 176 valence electrons. The van der Waals surface area contributed by atoms with E-state index in [1.807, 2.05) is 24.3 Å². The highest BCUT2D eigenvalue weighted by atomic mass is 32.2. The SMILES string of the molecule is CC(C)(O)c1ccc(N2CCN(S(=O)(=O)c3cccs3)C[C@@H]2COC[C@@H]2CCCO2)cc1. The summed E-state index contributed by atoms with van der Waals surface area (Å²) in [5, 5.41) is 12.0. The third-order valence-corrected chi connectivity index (χ3v) is 9.32. The highest BCUT2D eigenvalue weighted by molar-refractivity contribution is 7.91. The molecule has 0 saturated carbocycles. The van der Waals surface area contributed by atoms with Crippen molar-refractivity contribution in [3.63, 3.8) is 0 Å². The molecule has 0 radical (unpaired) electrons. The minimum absolute atomic E-state index is 0.118. The van der Waals surface area contributed by atoms with E-state index >= 15 is 0 Å². The Morgan fingerprint density at radius 2 is 1.97 bits per heavy atom. The summed E-state index contributed by atoms with van der Waals surface area (Å²) in [4.78, 5) is 2.21. The largest absolute Gasteiger partial charge is 0.386 e. The second kappa shape index (κ2) is 9.79. The molecule has 7 nitrogen and oxygen atoms in total. The zero-order valence-electron chi connectivity index (χ0n) is 18.6. The summed E-state index contributed by atoms with van der Waals surface area (Å²) in [6.07, 6.45) is 2.19. The average molecular weight is 481 g/mol. The second-order valence-electron chi connectivity index (χ2n) is 8.92. The molecule has 4 rings (SSSR count). The van der Waals surface area contributed by atoms with Gasteiger partial charge in [0.1, 0.15) is 4.21 Å². The molecule has 0 bridgehead atoms. The summed E-state index contributed by atoms with van der Waals surface area (Å²) in [7, 11) is -3.51. The van der Waals surface area contributed by atoms with Crippen LogP contribution in [0.3, 0.4) is 0 Å². The maximum atomic E-state index is 13.1. The van der Waals surface area contributed by atoms with Crippen molar-refractivity contribution in [2.45, 2.75) is 48.6 Å². The van der Waals surface area contributed by atoms with Crippen molar-refractivity contribution in [1.82, 2.24) is 4.31 Å². The van der Waals surface area contributed by atoms with E-state index in [1.165, 1.54) is 11.3 Å².